The number of hydrogen-bond donors (Lipinski definition) is 2. The molecule has 0 spiro atoms. The van der Waals surface area contributed by atoms with Gasteiger partial charge in [-0.1, -0.05) is 0 Å². The van der Waals surface area contributed by atoms with Crippen molar-refractivity contribution < 1.29 is 5.11 Å². The maximum Gasteiger partial charge on any atom is 0.330 e. The fraction of sp³-hybridized carbons (Fsp3) is 0.500. The molecular weight excluding hydrogens is 186 g/mol. The number of aliphatic hydroxyl groups is 1. The molecule has 1 rings (SSSR count). The number of aryl methyl sites for hydroxylation is 1. The molecule has 1 heterocycles. The highest BCUT2D eigenvalue weighted by atomic mass is 16.3. The van der Waals surface area contributed by atoms with Gasteiger partial charge in [-0.05, 0) is 0 Å². The highest BCUT2D eigenvalue weighted by molar-refractivity contribution is 5.37. The first-order valence-corrected chi connectivity index (χ1v) is 4.19. The lowest BCUT2D eigenvalue weighted by atomic mass is 10.5. The molecule has 6 nitrogen and oxygen atoms in total. The average Bonchev–Trinajstić information content (AvgIpc) is 2.18. The number of aliphatic hydroxyl groups excluding tert-OH is 1. The van der Waals surface area contributed by atoms with Crippen molar-refractivity contribution in [2.24, 2.45) is 14.1 Å². The van der Waals surface area contributed by atoms with Crippen molar-refractivity contribution in [2.75, 3.05) is 18.5 Å². The number of nitrogens with one attached hydrogen (secondary N) is 1. The molecule has 2 N–H and O–H groups in total. The molecule has 0 aromatic carbocycles. The molecule has 0 unspecified atom stereocenters. The molecule has 1 aromatic rings. The molecule has 0 aliphatic rings. The third-order valence-electron chi connectivity index (χ3n) is 1.87. The largest absolute Gasteiger partial charge is 0.395 e. The van der Waals surface area contributed by atoms with Gasteiger partial charge >= 0.3 is 5.69 Å². The molecular formula is C8H13N3O3. The van der Waals surface area contributed by atoms with Crippen LogP contribution in [-0.4, -0.2) is 27.4 Å². The second-order valence-electron chi connectivity index (χ2n) is 2.95. The molecule has 0 atom stereocenters. The summed E-state index contributed by atoms with van der Waals surface area (Å²) in [4.78, 5) is 22.7. The van der Waals surface area contributed by atoms with Crippen molar-refractivity contribution in [1.29, 1.82) is 0 Å². The van der Waals surface area contributed by atoms with E-state index in [4.69, 9.17) is 5.11 Å². The van der Waals surface area contributed by atoms with Crippen molar-refractivity contribution in [3.8, 4) is 0 Å². The molecule has 14 heavy (non-hydrogen) atoms. The van der Waals surface area contributed by atoms with Crippen LogP contribution in [0.25, 0.3) is 0 Å². The van der Waals surface area contributed by atoms with E-state index in [1.165, 1.54) is 17.8 Å². The summed E-state index contributed by atoms with van der Waals surface area (Å²) in [6.07, 6.45) is 1.42. The van der Waals surface area contributed by atoms with Crippen LogP contribution in [0.5, 0.6) is 0 Å². The lowest BCUT2D eigenvalue weighted by molar-refractivity contribution is 0.311. The third kappa shape index (κ3) is 1.85. The average molecular weight is 199 g/mol. The standard InChI is InChI=1S/C8H13N3O3/c1-10-5-6(9-3-4-12)7(13)11(2)8(10)14/h5,9,12H,3-4H2,1-2H3. The van der Waals surface area contributed by atoms with Gasteiger partial charge < -0.3 is 15.0 Å². The van der Waals surface area contributed by atoms with E-state index in [1.54, 1.807) is 7.05 Å². The fourth-order valence-electron chi connectivity index (χ4n) is 1.12. The van der Waals surface area contributed by atoms with Gasteiger partial charge in [0.05, 0.1) is 6.61 Å². The van der Waals surface area contributed by atoms with Gasteiger partial charge in [-0.2, -0.15) is 0 Å². The van der Waals surface area contributed by atoms with Gasteiger partial charge in [-0.3, -0.25) is 9.36 Å². The first-order chi connectivity index (χ1) is 6.57. The lowest BCUT2D eigenvalue weighted by Gasteiger charge is -2.07. The van der Waals surface area contributed by atoms with E-state index in [2.05, 4.69) is 5.32 Å². The van der Waals surface area contributed by atoms with Gasteiger partial charge in [0.15, 0.2) is 0 Å². The topological polar surface area (TPSA) is 76.3 Å². The number of hydrogen-bond acceptors (Lipinski definition) is 4. The third-order valence-corrected chi connectivity index (χ3v) is 1.87. The Morgan fingerprint density at radius 3 is 2.64 bits per heavy atom. The summed E-state index contributed by atoms with van der Waals surface area (Å²) in [5.74, 6) is 0. The monoisotopic (exact) mass is 199 g/mol. The molecule has 1 aromatic heterocycles. The number of rotatable bonds is 3. The van der Waals surface area contributed by atoms with Gasteiger partial charge in [0.1, 0.15) is 5.69 Å². The molecule has 6 heteroatoms. The van der Waals surface area contributed by atoms with E-state index in [-0.39, 0.29) is 24.4 Å². The maximum absolute atomic E-state index is 11.5. The minimum absolute atomic E-state index is 0.0635. The van der Waals surface area contributed by atoms with Crippen molar-refractivity contribution in [3.63, 3.8) is 0 Å². The van der Waals surface area contributed by atoms with Crippen LogP contribution in [0.4, 0.5) is 5.69 Å². The predicted molar refractivity (Wildman–Crippen MR) is 52.5 cm³/mol. The molecule has 0 aliphatic heterocycles. The first kappa shape index (κ1) is 10.5. The van der Waals surface area contributed by atoms with E-state index < -0.39 is 0 Å². The van der Waals surface area contributed by atoms with Gasteiger partial charge in [-0.25, -0.2) is 4.79 Å². The minimum Gasteiger partial charge on any atom is -0.395 e. The highest BCUT2D eigenvalue weighted by Gasteiger charge is 2.04. The molecule has 0 amide bonds. The van der Waals surface area contributed by atoms with Crippen LogP contribution in [0, 0.1) is 0 Å². The van der Waals surface area contributed by atoms with Gasteiger partial charge in [-0.15, -0.1) is 0 Å². The van der Waals surface area contributed by atoms with Gasteiger partial charge in [0.2, 0.25) is 0 Å². The molecule has 0 saturated carbocycles. The summed E-state index contributed by atoms with van der Waals surface area (Å²) in [6.45, 7) is 0.222. The van der Waals surface area contributed by atoms with Gasteiger partial charge in [0.25, 0.3) is 5.56 Å². The van der Waals surface area contributed by atoms with Crippen molar-refractivity contribution >= 4 is 5.69 Å². The molecule has 78 valence electrons. The van der Waals surface area contributed by atoms with Crippen LogP contribution in [0.1, 0.15) is 0 Å². The first-order valence-electron chi connectivity index (χ1n) is 4.19. The molecule has 0 radical (unpaired) electrons. The van der Waals surface area contributed by atoms with E-state index in [0.29, 0.717) is 5.69 Å². The Morgan fingerprint density at radius 1 is 1.43 bits per heavy atom. The van der Waals surface area contributed by atoms with Crippen LogP contribution >= 0.6 is 0 Å². The van der Waals surface area contributed by atoms with E-state index in [0.717, 1.165) is 4.57 Å². The fourth-order valence-corrected chi connectivity index (χ4v) is 1.12. The number of nitrogens with zero attached hydrogens (tertiary/aromatic N) is 2. The van der Waals surface area contributed by atoms with Crippen LogP contribution in [0.3, 0.4) is 0 Å². The minimum atomic E-state index is -0.387. The lowest BCUT2D eigenvalue weighted by Crippen LogP contribution is -2.38. The van der Waals surface area contributed by atoms with Crippen LogP contribution in [0.15, 0.2) is 15.8 Å². The van der Waals surface area contributed by atoms with Crippen LogP contribution in [-0.2, 0) is 14.1 Å². The zero-order chi connectivity index (χ0) is 10.7. The number of anilines is 1. The van der Waals surface area contributed by atoms with Crippen molar-refractivity contribution in [1.82, 2.24) is 9.13 Å². The van der Waals surface area contributed by atoms with Crippen molar-refractivity contribution in [3.05, 3.63) is 27.0 Å². The summed E-state index contributed by atoms with van der Waals surface area (Å²) in [7, 11) is 2.97. The smallest absolute Gasteiger partial charge is 0.330 e. The summed E-state index contributed by atoms with van der Waals surface area (Å²) in [6, 6.07) is 0. The van der Waals surface area contributed by atoms with Crippen molar-refractivity contribution in [2.45, 2.75) is 0 Å². The second-order valence-corrected chi connectivity index (χ2v) is 2.95. The Hall–Kier alpha value is -1.56. The van der Waals surface area contributed by atoms with Crippen LogP contribution in [0.2, 0.25) is 0 Å². The van der Waals surface area contributed by atoms with Crippen LogP contribution < -0.4 is 16.6 Å². The molecule has 0 saturated heterocycles. The van der Waals surface area contributed by atoms with E-state index in [1.807, 2.05) is 0 Å². The number of aromatic nitrogens is 2. The summed E-state index contributed by atoms with van der Waals surface area (Å²) in [5.41, 5.74) is -0.449. The molecule has 0 fully saturated rings. The maximum atomic E-state index is 11.5. The summed E-state index contributed by atoms with van der Waals surface area (Å²) >= 11 is 0. The Bertz CT molecular complexity index is 432. The van der Waals surface area contributed by atoms with Gasteiger partial charge in [0, 0.05) is 26.8 Å². The quantitative estimate of drug-likeness (QED) is 0.620. The zero-order valence-electron chi connectivity index (χ0n) is 8.15. The Labute approximate surface area is 80.4 Å². The molecule has 0 aliphatic carbocycles. The van der Waals surface area contributed by atoms with E-state index >= 15 is 0 Å². The Morgan fingerprint density at radius 2 is 2.07 bits per heavy atom. The predicted octanol–water partition coefficient (Wildman–Crippen LogP) is -1.51. The summed E-state index contributed by atoms with van der Waals surface area (Å²) in [5, 5.41) is 11.3. The normalized spacial score (nSPS) is 10.2. The zero-order valence-corrected chi connectivity index (χ0v) is 8.15. The second kappa shape index (κ2) is 4.10. The highest BCUT2D eigenvalue weighted by Crippen LogP contribution is 1.93. The Balaban J connectivity index is 3.20. The summed E-state index contributed by atoms with van der Waals surface area (Å²) < 4.78 is 2.32. The molecule has 0 bridgehead atoms. The Kier molecular flexibility index (Phi) is 3.08. The van der Waals surface area contributed by atoms with E-state index in [9.17, 15) is 9.59 Å². The SMILES string of the molecule is Cn1cc(NCCO)c(=O)n(C)c1=O.